The Morgan fingerprint density at radius 2 is 1.90 bits per heavy atom. The Hall–Kier alpha value is -2.46. The van der Waals surface area contributed by atoms with Crippen LogP contribution in [-0.2, 0) is 11.2 Å². The fraction of sp³-hybridized carbons (Fsp3) is 0.176. The summed E-state index contributed by atoms with van der Waals surface area (Å²) in [5.74, 6) is -0.118. The molecule has 2 aliphatic heterocycles. The van der Waals surface area contributed by atoms with Gasteiger partial charge in [0.15, 0.2) is 6.17 Å². The SMILES string of the molecule is N[C@@H]1N=C(c2ccccc2)c2cccc3c2N(CC3)C1=O. The van der Waals surface area contributed by atoms with Gasteiger partial charge in [-0.2, -0.15) is 0 Å². The third-order valence-corrected chi connectivity index (χ3v) is 4.08. The molecule has 104 valence electrons. The molecule has 0 saturated heterocycles. The number of rotatable bonds is 1. The molecule has 4 heteroatoms. The first kappa shape index (κ1) is 12.3. The predicted molar refractivity (Wildman–Crippen MR) is 82.6 cm³/mol. The Morgan fingerprint density at radius 3 is 2.71 bits per heavy atom. The van der Waals surface area contributed by atoms with Gasteiger partial charge in [-0.05, 0) is 12.0 Å². The summed E-state index contributed by atoms with van der Waals surface area (Å²) >= 11 is 0. The van der Waals surface area contributed by atoms with Crippen molar-refractivity contribution in [2.75, 3.05) is 11.4 Å². The molecule has 2 aliphatic rings. The molecular weight excluding hydrogens is 262 g/mol. The van der Waals surface area contributed by atoms with Crippen LogP contribution in [0.1, 0.15) is 16.7 Å². The van der Waals surface area contributed by atoms with Gasteiger partial charge in [-0.25, -0.2) is 0 Å². The third kappa shape index (κ3) is 1.80. The molecule has 0 unspecified atom stereocenters. The minimum atomic E-state index is -0.835. The fourth-order valence-corrected chi connectivity index (χ4v) is 3.12. The first-order valence-electron chi connectivity index (χ1n) is 7.08. The Bertz CT molecular complexity index is 752. The Labute approximate surface area is 122 Å². The molecule has 0 aromatic heterocycles. The monoisotopic (exact) mass is 277 g/mol. The summed E-state index contributed by atoms with van der Waals surface area (Å²) in [5, 5.41) is 0. The van der Waals surface area contributed by atoms with Gasteiger partial charge in [-0.1, -0.05) is 48.5 Å². The number of carbonyl (C=O) groups excluding carboxylic acids is 1. The van der Waals surface area contributed by atoms with Crippen LogP contribution < -0.4 is 10.6 Å². The summed E-state index contributed by atoms with van der Waals surface area (Å²) < 4.78 is 0. The van der Waals surface area contributed by atoms with Crippen LogP contribution in [0.4, 0.5) is 5.69 Å². The number of anilines is 1. The Morgan fingerprint density at radius 1 is 1.10 bits per heavy atom. The second kappa shape index (κ2) is 4.53. The molecule has 2 N–H and O–H groups in total. The van der Waals surface area contributed by atoms with Gasteiger partial charge in [-0.15, -0.1) is 0 Å². The van der Waals surface area contributed by atoms with Crippen molar-refractivity contribution in [3.05, 3.63) is 65.2 Å². The zero-order valence-electron chi connectivity index (χ0n) is 11.5. The lowest BCUT2D eigenvalue weighted by molar-refractivity contribution is -0.119. The molecule has 1 amide bonds. The van der Waals surface area contributed by atoms with E-state index in [2.05, 4.69) is 11.1 Å². The fourth-order valence-electron chi connectivity index (χ4n) is 3.12. The van der Waals surface area contributed by atoms with Crippen LogP contribution >= 0.6 is 0 Å². The van der Waals surface area contributed by atoms with Crippen molar-refractivity contribution < 1.29 is 4.79 Å². The highest BCUT2D eigenvalue weighted by Crippen LogP contribution is 2.35. The zero-order chi connectivity index (χ0) is 14.4. The van der Waals surface area contributed by atoms with Crippen LogP contribution in [0.3, 0.4) is 0 Å². The van der Waals surface area contributed by atoms with Crippen LogP contribution in [0.15, 0.2) is 53.5 Å². The van der Waals surface area contributed by atoms with E-state index in [1.165, 1.54) is 5.56 Å². The van der Waals surface area contributed by atoms with Crippen molar-refractivity contribution in [1.82, 2.24) is 0 Å². The highest BCUT2D eigenvalue weighted by atomic mass is 16.2. The van der Waals surface area contributed by atoms with Gasteiger partial charge in [0.2, 0.25) is 0 Å². The number of benzene rings is 2. The van der Waals surface area contributed by atoms with Crippen LogP contribution in [0.5, 0.6) is 0 Å². The third-order valence-electron chi connectivity index (χ3n) is 4.08. The second-order valence-corrected chi connectivity index (χ2v) is 5.34. The quantitative estimate of drug-likeness (QED) is 0.862. The molecule has 2 aromatic carbocycles. The smallest absolute Gasteiger partial charge is 0.266 e. The standard InChI is InChI=1S/C17H15N3O/c18-16-17(21)20-10-9-12-7-4-8-13(15(12)20)14(19-16)11-5-2-1-3-6-11/h1-8,16H,9-10,18H2/t16-/m1/s1. The molecule has 0 aliphatic carbocycles. The first-order valence-corrected chi connectivity index (χ1v) is 7.08. The molecule has 0 fully saturated rings. The number of nitrogens with zero attached hydrogens (tertiary/aromatic N) is 2. The van der Waals surface area contributed by atoms with Gasteiger partial charge in [0.05, 0.1) is 11.4 Å². The van der Waals surface area contributed by atoms with E-state index in [9.17, 15) is 4.79 Å². The Balaban J connectivity index is 1.99. The number of hydrogen-bond acceptors (Lipinski definition) is 3. The molecular formula is C17H15N3O. The van der Waals surface area contributed by atoms with E-state index in [0.29, 0.717) is 6.54 Å². The van der Waals surface area contributed by atoms with E-state index < -0.39 is 6.17 Å². The lowest BCUT2D eigenvalue weighted by Crippen LogP contribution is -2.41. The van der Waals surface area contributed by atoms with Crippen molar-refractivity contribution >= 4 is 17.3 Å². The van der Waals surface area contributed by atoms with Crippen LogP contribution in [0.2, 0.25) is 0 Å². The van der Waals surface area contributed by atoms with Crippen molar-refractivity contribution in [2.45, 2.75) is 12.6 Å². The molecule has 4 rings (SSSR count). The van der Waals surface area contributed by atoms with Crippen molar-refractivity contribution in [1.29, 1.82) is 0 Å². The van der Waals surface area contributed by atoms with E-state index in [1.54, 1.807) is 4.90 Å². The lowest BCUT2D eigenvalue weighted by Gasteiger charge is -2.18. The maximum absolute atomic E-state index is 12.4. The van der Waals surface area contributed by atoms with Gasteiger partial charge in [0, 0.05) is 17.7 Å². The summed E-state index contributed by atoms with van der Waals surface area (Å²) in [4.78, 5) is 18.7. The minimum absolute atomic E-state index is 0.118. The van der Waals surface area contributed by atoms with Crippen molar-refractivity contribution in [3.8, 4) is 0 Å². The summed E-state index contributed by atoms with van der Waals surface area (Å²) in [5.41, 5.74) is 11.0. The van der Waals surface area contributed by atoms with E-state index in [4.69, 9.17) is 5.73 Å². The summed E-state index contributed by atoms with van der Waals surface area (Å²) in [6.07, 6.45) is 0.0440. The average Bonchev–Trinajstić information content (AvgIpc) is 2.92. The number of aliphatic imine (C=N–C) groups is 1. The van der Waals surface area contributed by atoms with E-state index in [0.717, 1.165) is 28.9 Å². The number of carbonyl (C=O) groups is 1. The molecule has 0 spiro atoms. The summed E-state index contributed by atoms with van der Waals surface area (Å²) in [7, 11) is 0. The van der Waals surface area contributed by atoms with Gasteiger partial charge >= 0.3 is 0 Å². The van der Waals surface area contributed by atoms with Gasteiger partial charge in [0.25, 0.3) is 5.91 Å². The number of para-hydroxylation sites is 1. The molecule has 2 aromatic rings. The average molecular weight is 277 g/mol. The molecule has 1 atom stereocenters. The zero-order valence-corrected chi connectivity index (χ0v) is 11.5. The molecule has 0 radical (unpaired) electrons. The topological polar surface area (TPSA) is 58.7 Å². The molecule has 4 nitrogen and oxygen atoms in total. The predicted octanol–water partition coefficient (Wildman–Crippen LogP) is 1.71. The minimum Gasteiger partial charge on any atom is -0.308 e. The van der Waals surface area contributed by atoms with E-state index in [1.807, 2.05) is 42.5 Å². The maximum Gasteiger partial charge on any atom is 0.266 e. The van der Waals surface area contributed by atoms with E-state index in [-0.39, 0.29) is 5.91 Å². The first-order chi connectivity index (χ1) is 10.3. The second-order valence-electron chi connectivity index (χ2n) is 5.34. The van der Waals surface area contributed by atoms with Crippen molar-refractivity contribution in [2.24, 2.45) is 10.7 Å². The number of hydrogen-bond donors (Lipinski definition) is 1. The highest BCUT2D eigenvalue weighted by molar-refractivity contribution is 6.20. The van der Waals surface area contributed by atoms with E-state index >= 15 is 0 Å². The highest BCUT2D eigenvalue weighted by Gasteiger charge is 2.34. The van der Waals surface area contributed by atoms with Crippen LogP contribution in [-0.4, -0.2) is 24.3 Å². The Kier molecular flexibility index (Phi) is 2.65. The lowest BCUT2D eigenvalue weighted by atomic mass is 9.98. The van der Waals surface area contributed by atoms with Gasteiger partial charge < -0.3 is 10.6 Å². The molecule has 21 heavy (non-hydrogen) atoms. The summed E-state index contributed by atoms with van der Waals surface area (Å²) in [6.45, 7) is 0.691. The van der Waals surface area contributed by atoms with Crippen LogP contribution in [0.25, 0.3) is 0 Å². The van der Waals surface area contributed by atoms with Crippen molar-refractivity contribution in [3.63, 3.8) is 0 Å². The molecule has 0 saturated carbocycles. The number of amides is 1. The van der Waals surface area contributed by atoms with Gasteiger partial charge in [-0.3, -0.25) is 9.79 Å². The molecule has 2 heterocycles. The largest absolute Gasteiger partial charge is 0.308 e. The maximum atomic E-state index is 12.4. The molecule has 0 bridgehead atoms. The number of nitrogens with two attached hydrogens (primary N) is 1. The van der Waals surface area contributed by atoms with Gasteiger partial charge in [0.1, 0.15) is 0 Å². The summed E-state index contributed by atoms with van der Waals surface area (Å²) in [6, 6.07) is 16.0. The van der Waals surface area contributed by atoms with Crippen LogP contribution in [0, 0.1) is 0 Å². The normalized spacial score (nSPS) is 20.0.